The van der Waals surface area contributed by atoms with Gasteiger partial charge in [0.25, 0.3) is 0 Å². The molecule has 0 saturated heterocycles. The Balaban J connectivity index is 1.86. The maximum Gasteiger partial charge on any atom is 0.178 e. The average Bonchev–Trinajstić information content (AvgIpc) is 2.78. The third-order valence-corrected chi connectivity index (χ3v) is 5.84. The molecule has 3 rings (SSSR count). The zero-order valence-electron chi connectivity index (χ0n) is 18.7. The molecule has 162 valence electrons. The maximum atomic E-state index is 12.2. The zero-order chi connectivity index (χ0) is 22.4. The summed E-state index contributed by atoms with van der Waals surface area (Å²) in [6.45, 7) is 6.21. The predicted molar refractivity (Wildman–Crippen MR) is 126 cm³/mol. The van der Waals surface area contributed by atoms with Crippen LogP contribution in [0, 0.1) is 6.92 Å². The number of rotatable bonds is 9. The van der Waals surface area contributed by atoms with Crippen LogP contribution in [-0.2, 0) is 19.3 Å². The largest absolute Gasteiger partial charge is 0.364 e. The number of hydrogen-bond donors (Lipinski definition) is 2. The first-order chi connectivity index (χ1) is 14.9. The second kappa shape index (κ2) is 10.5. The summed E-state index contributed by atoms with van der Waals surface area (Å²) in [5.41, 5.74) is 8.67. The van der Waals surface area contributed by atoms with Crippen molar-refractivity contribution in [1.82, 2.24) is 0 Å². The number of hydrogen-bond acceptors (Lipinski definition) is 3. The number of carbonyl (C=O) groups excluding carboxylic acids is 1. The molecule has 0 aliphatic heterocycles. The molecule has 3 nitrogen and oxygen atoms in total. The van der Waals surface area contributed by atoms with E-state index in [0.29, 0.717) is 12.0 Å². The van der Waals surface area contributed by atoms with Crippen molar-refractivity contribution in [3.8, 4) is 11.1 Å². The molecule has 0 heterocycles. The molecular weight excluding hydrogens is 384 g/mol. The van der Waals surface area contributed by atoms with Crippen LogP contribution in [0.25, 0.3) is 11.1 Å². The summed E-state index contributed by atoms with van der Waals surface area (Å²) in [7, 11) is 0. The molecule has 31 heavy (non-hydrogen) atoms. The molecule has 0 saturated carbocycles. The molecule has 0 radical (unpaired) electrons. The van der Waals surface area contributed by atoms with Crippen LogP contribution in [0.5, 0.6) is 0 Å². The van der Waals surface area contributed by atoms with Gasteiger partial charge in [0.1, 0.15) is 0 Å². The van der Waals surface area contributed by atoms with Crippen molar-refractivity contribution in [3.63, 3.8) is 0 Å². The molecule has 0 spiro atoms. The van der Waals surface area contributed by atoms with E-state index in [0.717, 1.165) is 31.2 Å². The second-order valence-electron chi connectivity index (χ2n) is 8.16. The van der Waals surface area contributed by atoms with E-state index in [1.54, 1.807) is 12.1 Å². The van der Waals surface area contributed by atoms with Crippen LogP contribution in [0.2, 0.25) is 0 Å². The Morgan fingerprint density at radius 1 is 0.806 bits per heavy atom. The molecule has 0 bridgehead atoms. The van der Waals surface area contributed by atoms with Gasteiger partial charge in [-0.15, -0.1) is 0 Å². The van der Waals surface area contributed by atoms with Gasteiger partial charge in [-0.25, -0.2) is 0 Å². The number of ketones is 1. The van der Waals surface area contributed by atoms with Gasteiger partial charge < -0.3 is 10.2 Å². The van der Waals surface area contributed by atoms with Crippen molar-refractivity contribution >= 4 is 5.78 Å². The fraction of sp³-hybridized carbons (Fsp3) is 0.321. The lowest BCUT2D eigenvalue weighted by Gasteiger charge is -2.15. The quantitative estimate of drug-likeness (QED) is 0.333. The predicted octanol–water partition coefficient (Wildman–Crippen LogP) is 5.98. The lowest BCUT2D eigenvalue weighted by Crippen LogP contribution is -2.01. The monoisotopic (exact) mass is 416 g/mol. The van der Waals surface area contributed by atoms with Crippen molar-refractivity contribution in [1.29, 1.82) is 0 Å². The summed E-state index contributed by atoms with van der Waals surface area (Å²) >= 11 is 0. The van der Waals surface area contributed by atoms with Crippen LogP contribution in [-0.4, -0.2) is 16.0 Å². The van der Waals surface area contributed by atoms with E-state index in [-0.39, 0.29) is 5.78 Å². The number of Topliss-reactive ketones (excluding diaryl/α,β-unsaturated/α-hetero) is 1. The molecule has 0 aliphatic rings. The minimum Gasteiger partial charge on any atom is -0.364 e. The maximum absolute atomic E-state index is 12.2. The van der Waals surface area contributed by atoms with Gasteiger partial charge in [0.05, 0.1) is 0 Å². The van der Waals surface area contributed by atoms with E-state index in [4.69, 9.17) is 0 Å². The minimum atomic E-state index is -1.43. The van der Waals surface area contributed by atoms with Crippen molar-refractivity contribution in [2.75, 3.05) is 0 Å². The normalized spacial score (nSPS) is 11.2. The highest BCUT2D eigenvalue weighted by Gasteiger charge is 2.12. The van der Waals surface area contributed by atoms with Gasteiger partial charge in [-0.05, 0) is 65.6 Å². The number of aryl methyl sites for hydroxylation is 4. The van der Waals surface area contributed by atoms with Crippen molar-refractivity contribution in [2.24, 2.45) is 0 Å². The molecule has 3 aromatic carbocycles. The molecule has 0 amide bonds. The van der Waals surface area contributed by atoms with Gasteiger partial charge in [0, 0.05) is 17.5 Å². The Labute approximate surface area is 185 Å². The number of aliphatic hydroxyl groups excluding tert-OH is 1. The van der Waals surface area contributed by atoms with Crippen LogP contribution in [0.15, 0.2) is 60.7 Å². The Kier molecular flexibility index (Phi) is 7.78. The molecule has 0 aliphatic carbocycles. The molecular formula is C28H32O3. The van der Waals surface area contributed by atoms with Crippen molar-refractivity contribution in [3.05, 3.63) is 94.0 Å². The highest BCUT2D eigenvalue weighted by atomic mass is 16.5. The lowest BCUT2D eigenvalue weighted by atomic mass is 9.89. The number of carbonyl (C=O) groups is 1. The van der Waals surface area contributed by atoms with E-state index >= 15 is 0 Å². The van der Waals surface area contributed by atoms with Crippen molar-refractivity contribution in [2.45, 2.75) is 59.2 Å². The van der Waals surface area contributed by atoms with Gasteiger partial charge in [0.15, 0.2) is 12.1 Å². The average molecular weight is 417 g/mol. The van der Waals surface area contributed by atoms with Gasteiger partial charge in [-0.2, -0.15) is 0 Å². The highest BCUT2D eigenvalue weighted by molar-refractivity contribution is 5.96. The molecule has 0 fully saturated rings. The fourth-order valence-electron chi connectivity index (χ4n) is 3.97. The third-order valence-electron chi connectivity index (χ3n) is 5.84. The summed E-state index contributed by atoms with van der Waals surface area (Å²) in [6.07, 6.45) is 2.88. The molecule has 2 N–H and O–H groups in total. The smallest absolute Gasteiger partial charge is 0.178 e. The van der Waals surface area contributed by atoms with Crippen LogP contribution in [0.4, 0.5) is 0 Å². The second-order valence-corrected chi connectivity index (χ2v) is 8.16. The van der Waals surface area contributed by atoms with Gasteiger partial charge in [-0.1, -0.05) is 74.9 Å². The standard InChI is InChI=1S/C28H32O3/c1-4-6-23-18-24(27(29)5-2)15-16-25(23)26-17-21(8-7-19(26)3)10-9-20-11-13-22(14-12-20)28(30)31/h7-8,11-18,28,30-31H,4-6,9-10H2,1-3H3. The molecule has 0 atom stereocenters. The summed E-state index contributed by atoms with van der Waals surface area (Å²) in [5, 5.41) is 18.5. The van der Waals surface area contributed by atoms with E-state index in [1.165, 1.54) is 33.4 Å². The molecule has 3 heteroatoms. The van der Waals surface area contributed by atoms with E-state index in [2.05, 4.69) is 44.2 Å². The van der Waals surface area contributed by atoms with Gasteiger partial charge in [-0.3, -0.25) is 4.79 Å². The van der Waals surface area contributed by atoms with Gasteiger partial charge in [0.2, 0.25) is 0 Å². The third kappa shape index (κ3) is 5.69. The number of benzene rings is 3. The molecule has 3 aromatic rings. The summed E-state index contributed by atoms with van der Waals surface area (Å²) in [5.74, 6) is 0.189. The lowest BCUT2D eigenvalue weighted by molar-refractivity contribution is -0.0424. The summed E-state index contributed by atoms with van der Waals surface area (Å²) in [4.78, 5) is 12.2. The van der Waals surface area contributed by atoms with Crippen LogP contribution in [0.1, 0.15) is 71.2 Å². The van der Waals surface area contributed by atoms with E-state index in [9.17, 15) is 15.0 Å². The first-order valence-corrected chi connectivity index (χ1v) is 11.1. The van der Waals surface area contributed by atoms with Crippen LogP contribution < -0.4 is 0 Å². The van der Waals surface area contributed by atoms with Crippen LogP contribution >= 0.6 is 0 Å². The SMILES string of the molecule is CCCc1cc(C(=O)CC)ccc1-c1cc(CCc2ccc(C(O)O)cc2)ccc1C. The van der Waals surface area contributed by atoms with Crippen LogP contribution in [0.3, 0.4) is 0 Å². The summed E-state index contributed by atoms with van der Waals surface area (Å²) in [6, 6.07) is 20.2. The first-order valence-electron chi connectivity index (χ1n) is 11.1. The Hall–Kier alpha value is -2.75. The molecule has 0 unspecified atom stereocenters. The topological polar surface area (TPSA) is 57.5 Å². The Morgan fingerprint density at radius 2 is 1.48 bits per heavy atom. The Morgan fingerprint density at radius 3 is 2.13 bits per heavy atom. The molecule has 0 aromatic heterocycles. The zero-order valence-corrected chi connectivity index (χ0v) is 18.7. The van der Waals surface area contributed by atoms with Crippen molar-refractivity contribution < 1.29 is 15.0 Å². The first kappa shape index (κ1) is 22.9. The summed E-state index contributed by atoms with van der Waals surface area (Å²) < 4.78 is 0. The minimum absolute atomic E-state index is 0.189. The van der Waals surface area contributed by atoms with E-state index in [1.807, 2.05) is 25.1 Å². The Bertz CT molecular complexity index is 1030. The van der Waals surface area contributed by atoms with Gasteiger partial charge >= 0.3 is 0 Å². The van der Waals surface area contributed by atoms with E-state index < -0.39 is 6.29 Å². The number of aliphatic hydroxyl groups is 2. The fourth-order valence-corrected chi connectivity index (χ4v) is 3.97. The highest BCUT2D eigenvalue weighted by Crippen LogP contribution is 2.30.